The summed E-state index contributed by atoms with van der Waals surface area (Å²) in [5, 5.41) is 49.4. The number of carboxylic acids is 1. The molecular formula is C24H26BN3O8. The Kier molecular flexibility index (Phi) is 10.4. The number of amides is 1. The summed E-state index contributed by atoms with van der Waals surface area (Å²) in [6, 6.07) is 17.1. The zero-order chi connectivity index (χ0) is 26.7. The first-order valence-electron chi connectivity index (χ1n) is 10.7. The minimum Gasteiger partial charge on any atom is -0.554 e. The first kappa shape index (κ1) is 27.8. The molecule has 0 fully saturated rings. The van der Waals surface area contributed by atoms with E-state index in [1.807, 2.05) is 41.1 Å². The molecular weight excluding hydrogens is 469 g/mol. The van der Waals surface area contributed by atoms with Gasteiger partial charge in [0.25, 0.3) is 5.82 Å². The van der Waals surface area contributed by atoms with E-state index >= 15 is 0 Å². The molecule has 1 unspecified atom stereocenters. The lowest BCUT2D eigenvalue weighted by Crippen LogP contribution is -2.48. The SMILES string of the molecule is Nc1cccc[n+]1Cc1ccc(CC(=O)NC(Cc2cccc(C(=O)O)c2O)B(O)O)cc1.O=C[O-]. The Balaban J connectivity index is 0.00000145. The van der Waals surface area contributed by atoms with Crippen molar-refractivity contribution in [1.29, 1.82) is 0 Å². The molecule has 0 aliphatic carbocycles. The van der Waals surface area contributed by atoms with Gasteiger partial charge in [0, 0.05) is 12.5 Å². The number of aromatic carboxylic acids is 1. The van der Waals surface area contributed by atoms with Crippen LogP contribution in [0.3, 0.4) is 0 Å². The van der Waals surface area contributed by atoms with E-state index in [1.165, 1.54) is 18.2 Å². The topological polar surface area (TPSA) is 197 Å². The maximum absolute atomic E-state index is 12.5. The van der Waals surface area contributed by atoms with E-state index in [4.69, 9.17) is 20.7 Å². The van der Waals surface area contributed by atoms with Crippen LogP contribution in [-0.2, 0) is 29.0 Å². The van der Waals surface area contributed by atoms with Gasteiger partial charge in [-0.2, -0.15) is 0 Å². The Morgan fingerprint density at radius 1 is 1.06 bits per heavy atom. The Morgan fingerprint density at radius 2 is 1.69 bits per heavy atom. The van der Waals surface area contributed by atoms with Crippen LogP contribution in [0.25, 0.3) is 0 Å². The Hall–Kier alpha value is -4.42. The van der Waals surface area contributed by atoms with Crippen molar-refractivity contribution in [3.63, 3.8) is 0 Å². The predicted octanol–water partition coefficient (Wildman–Crippen LogP) is -1.34. The molecule has 0 radical (unpaired) electrons. The number of hydrogen-bond acceptors (Lipinski definition) is 8. The van der Waals surface area contributed by atoms with Crippen LogP contribution in [0, 0.1) is 0 Å². The van der Waals surface area contributed by atoms with Crippen LogP contribution >= 0.6 is 0 Å². The highest BCUT2D eigenvalue weighted by molar-refractivity contribution is 6.43. The minimum atomic E-state index is -1.91. The summed E-state index contributed by atoms with van der Waals surface area (Å²) in [6.07, 6.45) is 1.72. The zero-order valence-corrected chi connectivity index (χ0v) is 19.2. The summed E-state index contributed by atoms with van der Waals surface area (Å²) in [7, 11) is -1.91. The number of aromatic nitrogens is 1. The number of benzene rings is 2. The zero-order valence-electron chi connectivity index (χ0n) is 19.2. The van der Waals surface area contributed by atoms with E-state index in [0.717, 1.165) is 11.1 Å². The lowest BCUT2D eigenvalue weighted by molar-refractivity contribution is -0.674. The van der Waals surface area contributed by atoms with Crippen molar-refractivity contribution in [2.45, 2.75) is 25.3 Å². The number of pyridine rings is 1. The van der Waals surface area contributed by atoms with Crippen molar-refractivity contribution in [1.82, 2.24) is 5.32 Å². The molecule has 7 N–H and O–H groups in total. The van der Waals surface area contributed by atoms with Gasteiger partial charge in [-0.05, 0) is 35.2 Å². The largest absolute Gasteiger partial charge is 0.554 e. The molecule has 1 aromatic heterocycles. The number of carboxylic acid groups (broad SMARTS) is 2. The fourth-order valence-corrected chi connectivity index (χ4v) is 3.43. The van der Waals surface area contributed by atoms with Crippen molar-refractivity contribution in [2.24, 2.45) is 0 Å². The number of carbonyl (C=O) groups is 3. The second kappa shape index (κ2) is 13.5. The molecule has 0 aliphatic heterocycles. The molecule has 11 nitrogen and oxygen atoms in total. The van der Waals surface area contributed by atoms with Crippen molar-refractivity contribution < 1.29 is 44.3 Å². The normalized spacial score (nSPS) is 10.9. The summed E-state index contributed by atoms with van der Waals surface area (Å²) in [4.78, 5) is 31.9. The summed E-state index contributed by atoms with van der Waals surface area (Å²) in [5.41, 5.74) is 7.54. The summed E-state index contributed by atoms with van der Waals surface area (Å²) >= 11 is 0. The number of nitrogens with zero attached hydrogens (tertiary/aromatic N) is 1. The van der Waals surface area contributed by atoms with Crippen LogP contribution in [0.15, 0.2) is 66.9 Å². The molecule has 3 aromatic rings. The van der Waals surface area contributed by atoms with Gasteiger partial charge in [-0.25, -0.2) is 9.36 Å². The molecule has 188 valence electrons. The number of nitrogens with one attached hydrogen (secondary N) is 1. The third kappa shape index (κ3) is 8.11. The average molecular weight is 495 g/mol. The van der Waals surface area contributed by atoms with Gasteiger partial charge < -0.3 is 35.5 Å². The number of nitrogen functional groups attached to an aromatic ring is 1. The Morgan fingerprint density at radius 3 is 2.28 bits per heavy atom. The smallest absolute Gasteiger partial charge is 0.475 e. The van der Waals surface area contributed by atoms with Gasteiger partial charge in [0.15, 0.2) is 0 Å². The molecule has 2 aromatic carbocycles. The van der Waals surface area contributed by atoms with Crippen LogP contribution < -0.4 is 20.7 Å². The van der Waals surface area contributed by atoms with Gasteiger partial charge >= 0.3 is 13.1 Å². The summed E-state index contributed by atoms with van der Waals surface area (Å²) in [5.74, 6) is -2.73. The fraction of sp³-hybridized carbons (Fsp3) is 0.167. The van der Waals surface area contributed by atoms with Crippen LogP contribution in [0.2, 0.25) is 0 Å². The summed E-state index contributed by atoms with van der Waals surface area (Å²) in [6.45, 7) is 0.0802. The van der Waals surface area contributed by atoms with Crippen molar-refractivity contribution in [3.05, 3.63) is 89.1 Å². The molecule has 36 heavy (non-hydrogen) atoms. The molecule has 1 heterocycles. The second-order valence-electron chi connectivity index (χ2n) is 7.75. The maximum atomic E-state index is 12.5. The number of nitrogens with two attached hydrogens (primary N) is 1. The second-order valence-corrected chi connectivity index (χ2v) is 7.75. The fourth-order valence-electron chi connectivity index (χ4n) is 3.43. The average Bonchev–Trinajstić information content (AvgIpc) is 2.83. The van der Waals surface area contributed by atoms with Gasteiger partial charge in [0.1, 0.15) is 17.9 Å². The molecule has 0 aliphatic rings. The molecule has 12 heteroatoms. The van der Waals surface area contributed by atoms with Crippen LogP contribution in [0.4, 0.5) is 5.82 Å². The molecule has 0 saturated carbocycles. The maximum Gasteiger partial charge on any atom is 0.475 e. The number of anilines is 1. The first-order chi connectivity index (χ1) is 17.2. The van der Waals surface area contributed by atoms with E-state index in [0.29, 0.717) is 12.4 Å². The van der Waals surface area contributed by atoms with E-state index in [1.54, 1.807) is 12.1 Å². The van der Waals surface area contributed by atoms with Crippen molar-refractivity contribution >= 4 is 31.3 Å². The van der Waals surface area contributed by atoms with E-state index in [2.05, 4.69) is 5.32 Å². The molecule has 1 amide bonds. The third-order valence-corrected chi connectivity index (χ3v) is 5.21. The van der Waals surface area contributed by atoms with Crippen molar-refractivity contribution in [2.75, 3.05) is 5.73 Å². The third-order valence-electron chi connectivity index (χ3n) is 5.21. The monoisotopic (exact) mass is 495 g/mol. The van der Waals surface area contributed by atoms with E-state index < -0.39 is 37.2 Å². The van der Waals surface area contributed by atoms with Crippen LogP contribution in [0.1, 0.15) is 27.0 Å². The number of phenols is 1. The number of hydrogen-bond donors (Lipinski definition) is 6. The molecule has 1 atom stereocenters. The number of para-hydroxylation sites is 1. The first-order valence-corrected chi connectivity index (χ1v) is 10.7. The highest BCUT2D eigenvalue weighted by Gasteiger charge is 2.27. The van der Waals surface area contributed by atoms with Crippen LogP contribution in [0.5, 0.6) is 5.75 Å². The van der Waals surface area contributed by atoms with Crippen LogP contribution in [-0.4, -0.2) is 51.7 Å². The molecule has 0 saturated heterocycles. The Labute approximate surface area is 207 Å². The van der Waals surface area contributed by atoms with Gasteiger partial charge in [0.2, 0.25) is 5.91 Å². The quantitative estimate of drug-likeness (QED) is 0.118. The Bertz CT molecular complexity index is 1190. The van der Waals surface area contributed by atoms with Gasteiger partial charge in [-0.1, -0.05) is 42.5 Å². The predicted molar refractivity (Wildman–Crippen MR) is 127 cm³/mol. The number of rotatable bonds is 9. The van der Waals surface area contributed by atoms with E-state index in [-0.39, 0.29) is 24.0 Å². The van der Waals surface area contributed by atoms with E-state index in [9.17, 15) is 24.7 Å². The van der Waals surface area contributed by atoms with Gasteiger partial charge in [-0.15, -0.1) is 0 Å². The standard InChI is InChI=1S/C23H24BN3O6.CH2O2/c25-20-6-1-2-11-27(20)14-16-9-7-15(8-10-16)12-21(28)26-19(24(32)33)13-17-4-3-5-18(22(17)29)23(30)31;2-1-3/h1-11,19,25,32-33H,12-14H2,(H3,26,28,29,30,31);1H,(H,2,3). The molecule has 0 bridgehead atoms. The lowest BCUT2D eigenvalue weighted by atomic mass is 9.75. The summed E-state index contributed by atoms with van der Waals surface area (Å²) < 4.78 is 1.89. The van der Waals surface area contributed by atoms with Gasteiger partial charge in [0.05, 0.1) is 18.6 Å². The lowest BCUT2D eigenvalue weighted by Gasteiger charge is -2.19. The highest BCUT2D eigenvalue weighted by atomic mass is 16.4. The molecule has 3 rings (SSSR count). The number of carbonyl (C=O) groups excluding carboxylic acids is 2. The molecule has 0 spiro atoms. The van der Waals surface area contributed by atoms with Gasteiger partial charge in [-0.3, -0.25) is 10.5 Å². The minimum absolute atomic E-state index is 0.00522. The van der Waals surface area contributed by atoms with Crippen molar-refractivity contribution in [3.8, 4) is 5.75 Å². The number of aromatic hydroxyl groups is 1. The highest BCUT2D eigenvalue weighted by Crippen LogP contribution is 2.24.